The van der Waals surface area contributed by atoms with Gasteiger partial charge in [-0.1, -0.05) is 13.8 Å². The van der Waals surface area contributed by atoms with Crippen molar-refractivity contribution in [2.75, 3.05) is 6.54 Å². The fourth-order valence-electron chi connectivity index (χ4n) is 0.669. The predicted octanol–water partition coefficient (Wildman–Crippen LogP) is -0.533. The summed E-state index contributed by atoms with van der Waals surface area (Å²) in [4.78, 5) is 11.1. The second-order valence-electron chi connectivity index (χ2n) is 3.36. The van der Waals surface area contributed by atoms with Gasteiger partial charge < -0.3 is 16.2 Å². The summed E-state index contributed by atoms with van der Waals surface area (Å²) < 4.78 is 0. The van der Waals surface area contributed by atoms with E-state index in [-0.39, 0.29) is 18.4 Å². The molecular formula is C8H18N2O2. The van der Waals surface area contributed by atoms with E-state index in [0.717, 1.165) is 0 Å². The monoisotopic (exact) mass is 174 g/mol. The molecule has 0 radical (unpaired) electrons. The number of aliphatic hydroxyl groups excluding tert-OH is 1. The number of hydrogen-bond acceptors (Lipinski definition) is 3. The molecule has 0 aliphatic rings. The van der Waals surface area contributed by atoms with Gasteiger partial charge in [-0.2, -0.15) is 0 Å². The third-order valence-corrected chi connectivity index (χ3v) is 1.59. The fourth-order valence-corrected chi connectivity index (χ4v) is 0.669. The number of rotatable bonds is 4. The Balaban J connectivity index is 3.72. The lowest BCUT2D eigenvalue weighted by Crippen LogP contribution is -2.45. The highest BCUT2D eigenvalue weighted by atomic mass is 16.3. The lowest BCUT2D eigenvalue weighted by atomic mass is 10.1. The SMILES string of the molecule is CC(C)[C@H](N)C(=O)NC[C@H](C)O. The van der Waals surface area contributed by atoms with Gasteiger partial charge in [0.05, 0.1) is 12.1 Å². The Kier molecular flexibility index (Phi) is 4.85. The Morgan fingerprint density at radius 2 is 2.00 bits per heavy atom. The summed E-state index contributed by atoms with van der Waals surface area (Å²) in [6, 6.07) is -0.483. The van der Waals surface area contributed by atoms with Crippen molar-refractivity contribution in [3.63, 3.8) is 0 Å². The molecule has 0 spiro atoms. The quantitative estimate of drug-likeness (QED) is 0.536. The van der Waals surface area contributed by atoms with Gasteiger partial charge in [-0.15, -0.1) is 0 Å². The van der Waals surface area contributed by atoms with Crippen molar-refractivity contribution in [2.24, 2.45) is 11.7 Å². The molecule has 0 saturated carbocycles. The Bertz CT molecular complexity index is 146. The summed E-state index contributed by atoms with van der Waals surface area (Å²) >= 11 is 0. The minimum Gasteiger partial charge on any atom is -0.392 e. The minimum atomic E-state index is -0.520. The fraction of sp³-hybridized carbons (Fsp3) is 0.875. The highest BCUT2D eigenvalue weighted by Gasteiger charge is 2.16. The molecule has 12 heavy (non-hydrogen) atoms. The van der Waals surface area contributed by atoms with E-state index < -0.39 is 12.1 Å². The standard InChI is InChI=1S/C8H18N2O2/c1-5(2)7(9)8(12)10-4-6(3)11/h5-7,11H,4,9H2,1-3H3,(H,10,12)/t6-,7-/m0/s1. The second kappa shape index (κ2) is 5.11. The summed E-state index contributed by atoms with van der Waals surface area (Å²) in [5.74, 6) is -0.0788. The first kappa shape index (κ1) is 11.4. The van der Waals surface area contributed by atoms with Crippen LogP contribution in [0.3, 0.4) is 0 Å². The van der Waals surface area contributed by atoms with Gasteiger partial charge in [0.2, 0.25) is 5.91 Å². The summed E-state index contributed by atoms with van der Waals surface area (Å²) in [6.07, 6.45) is -0.520. The Hall–Kier alpha value is -0.610. The van der Waals surface area contributed by atoms with Gasteiger partial charge in [0.1, 0.15) is 0 Å². The molecule has 0 aliphatic carbocycles. The van der Waals surface area contributed by atoms with Crippen LogP contribution >= 0.6 is 0 Å². The maximum absolute atomic E-state index is 11.1. The molecular weight excluding hydrogens is 156 g/mol. The molecule has 1 amide bonds. The molecule has 0 aliphatic heterocycles. The smallest absolute Gasteiger partial charge is 0.237 e. The van der Waals surface area contributed by atoms with E-state index in [1.54, 1.807) is 6.92 Å². The maximum Gasteiger partial charge on any atom is 0.237 e. The van der Waals surface area contributed by atoms with Crippen molar-refractivity contribution in [1.29, 1.82) is 0 Å². The van der Waals surface area contributed by atoms with E-state index in [1.807, 2.05) is 13.8 Å². The van der Waals surface area contributed by atoms with Crippen molar-refractivity contribution in [1.82, 2.24) is 5.32 Å². The Labute approximate surface area is 73.1 Å². The summed E-state index contributed by atoms with van der Waals surface area (Å²) in [6.45, 7) is 5.64. The van der Waals surface area contributed by atoms with Crippen molar-refractivity contribution < 1.29 is 9.90 Å². The number of carbonyl (C=O) groups is 1. The largest absolute Gasteiger partial charge is 0.392 e. The topological polar surface area (TPSA) is 75.4 Å². The van der Waals surface area contributed by atoms with Gasteiger partial charge in [-0.25, -0.2) is 0 Å². The van der Waals surface area contributed by atoms with Gasteiger partial charge >= 0.3 is 0 Å². The summed E-state index contributed by atoms with van der Waals surface area (Å²) in [5, 5.41) is 11.4. The third-order valence-electron chi connectivity index (χ3n) is 1.59. The number of nitrogens with one attached hydrogen (secondary N) is 1. The number of aliphatic hydroxyl groups is 1. The van der Waals surface area contributed by atoms with Crippen LogP contribution in [0, 0.1) is 5.92 Å². The van der Waals surface area contributed by atoms with Crippen LogP contribution in [0.4, 0.5) is 0 Å². The van der Waals surface area contributed by atoms with Gasteiger partial charge in [-0.05, 0) is 12.8 Å². The van der Waals surface area contributed by atoms with Crippen LogP contribution in [-0.2, 0) is 4.79 Å². The average molecular weight is 174 g/mol. The molecule has 4 N–H and O–H groups in total. The number of amides is 1. The summed E-state index contributed by atoms with van der Waals surface area (Å²) in [7, 11) is 0. The van der Waals surface area contributed by atoms with Gasteiger partial charge in [-0.3, -0.25) is 4.79 Å². The van der Waals surface area contributed by atoms with Crippen molar-refractivity contribution >= 4 is 5.91 Å². The Morgan fingerprint density at radius 3 is 2.33 bits per heavy atom. The van der Waals surface area contributed by atoms with E-state index in [0.29, 0.717) is 0 Å². The predicted molar refractivity (Wildman–Crippen MR) is 47.5 cm³/mol. The van der Waals surface area contributed by atoms with Crippen LogP contribution in [0.5, 0.6) is 0 Å². The summed E-state index contributed by atoms with van der Waals surface area (Å²) in [5.41, 5.74) is 5.55. The zero-order valence-corrected chi connectivity index (χ0v) is 7.87. The first-order chi connectivity index (χ1) is 5.45. The lowest BCUT2D eigenvalue weighted by molar-refractivity contribution is -0.123. The van der Waals surface area contributed by atoms with E-state index in [9.17, 15) is 4.79 Å². The molecule has 2 atom stereocenters. The first-order valence-electron chi connectivity index (χ1n) is 4.16. The van der Waals surface area contributed by atoms with E-state index >= 15 is 0 Å². The molecule has 0 aromatic rings. The first-order valence-corrected chi connectivity index (χ1v) is 4.16. The van der Waals surface area contributed by atoms with E-state index in [1.165, 1.54) is 0 Å². The number of carbonyl (C=O) groups excluding carboxylic acids is 1. The van der Waals surface area contributed by atoms with Crippen molar-refractivity contribution in [3.05, 3.63) is 0 Å². The average Bonchev–Trinajstić information content (AvgIpc) is 1.98. The molecule has 0 bridgehead atoms. The third kappa shape index (κ3) is 4.31. The lowest BCUT2D eigenvalue weighted by Gasteiger charge is -2.15. The molecule has 0 heterocycles. The van der Waals surface area contributed by atoms with Crippen LogP contribution < -0.4 is 11.1 Å². The molecule has 0 saturated heterocycles. The molecule has 4 heteroatoms. The molecule has 0 fully saturated rings. The molecule has 4 nitrogen and oxygen atoms in total. The zero-order valence-electron chi connectivity index (χ0n) is 7.87. The van der Waals surface area contributed by atoms with Crippen LogP contribution in [0.1, 0.15) is 20.8 Å². The van der Waals surface area contributed by atoms with Crippen molar-refractivity contribution in [3.8, 4) is 0 Å². The zero-order chi connectivity index (χ0) is 9.72. The molecule has 0 aromatic carbocycles. The normalized spacial score (nSPS) is 15.8. The molecule has 0 unspecified atom stereocenters. The van der Waals surface area contributed by atoms with E-state index in [2.05, 4.69) is 5.32 Å². The number of nitrogens with two attached hydrogens (primary N) is 1. The van der Waals surface area contributed by atoms with Crippen LogP contribution in [0.25, 0.3) is 0 Å². The van der Waals surface area contributed by atoms with Crippen LogP contribution in [-0.4, -0.2) is 29.7 Å². The highest BCUT2D eigenvalue weighted by molar-refractivity contribution is 5.81. The molecule has 0 rings (SSSR count). The second-order valence-corrected chi connectivity index (χ2v) is 3.36. The molecule has 72 valence electrons. The molecule has 0 aromatic heterocycles. The van der Waals surface area contributed by atoms with Crippen LogP contribution in [0.2, 0.25) is 0 Å². The van der Waals surface area contributed by atoms with Crippen molar-refractivity contribution in [2.45, 2.75) is 32.9 Å². The van der Waals surface area contributed by atoms with Gasteiger partial charge in [0, 0.05) is 6.54 Å². The van der Waals surface area contributed by atoms with Gasteiger partial charge in [0.25, 0.3) is 0 Å². The number of hydrogen-bond donors (Lipinski definition) is 3. The highest BCUT2D eigenvalue weighted by Crippen LogP contribution is 1.97. The van der Waals surface area contributed by atoms with Crippen LogP contribution in [0.15, 0.2) is 0 Å². The van der Waals surface area contributed by atoms with Gasteiger partial charge in [0.15, 0.2) is 0 Å². The van der Waals surface area contributed by atoms with E-state index in [4.69, 9.17) is 10.8 Å². The Morgan fingerprint density at radius 1 is 1.50 bits per heavy atom. The maximum atomic E-state index is 11.1. The minimum absolute atomic E-state index is 0.124.